The molecule has 0 bridgehead atoms. The predicted octanol–water partition coefficient (Wildman–Crippen LogP) is 4.46. The Hall–Kier alpha value is -2.77. The number of anilines is 2. The van der Waals surface area contributed by atoms with Crippen molar-refractivity contribution in [1.29, 1.82) is 0 Å². The molecule has 7 nitrogen and oxygen atoms in total. The number of hydrogen-bond acceptors (Lipinski definition) is 5. The molecule has 1 fully saturated rings. The molecule has 0 aromatic heterocycles. The first-order valence-electron chi connectivity index (χ1n) is 9.03. The van der Waals surface area contributed by atoms with E-state index in [2.05, 4.69) is 16.8 Å². The molecule has 3 rings (SSSR count). The smallest absolute Gasteiger partial charge is 0.292 e. The fraction of sp³-hybridized carbons (Fsp3) is 0.250. The molecule has 1 aliphatic rings. The number of nitrogens with one attached hydrogen (secondary N) is 1. The van der Waals surface area contributed by atoms with Gasteiger partial charge in [-0.3, -0.25) is 14.9 Å². The molecule has 2 aromatic carbocycles. The number of piperazine rings is 1. The zero-order valence-corrected chi connectivity index (χ0v) is 17.1. The molecule has 152 valence electrons. The number of benzene rings is 2. The predicted molar refractivity (Wildman–Crippen MR) is 116 cm³/mol. The molecular formula is C20H20Cl2N4O3. The maximum Gasteiger partial charge on any atom is 0.292 e. The van der Waals surface area contributed by atoms with E-state index in [1.54, 1.807) is 41.3 Å². The number of carbonyl (C=O) groups excluding carboxylic acids is 1. The summed E-state index contributed by atoms with van der Waals surface area (Å²) in [7, 11) is 0. The Morgan fingerprint density at radius 3 is 2.52 bits per heavy atom. The lowest BCUT2D eigenvalue weighted by molar-refractivity contribution is -0.383. The van der Waals surface area contributed by atoms with Crippen molar-refractivity contribution < 1.29 is 9.72 Å². The Balaban J connectivity index is 1.70. The Kier molecular flexibility index (Phi) is 6.61. The van der Waals surface area contributed by atoms with Crippen LogP contribution in [0.1, 0.15) is 10.4 Å². The number of nitro groups is 1. The Bertz CT molecular complexity index is 943. The van der Waals surface area contributed by atoms with Crippen molar-refractivity contribution in [3.63, 3.8) is 0 Å². The van der Waals surface area contributed by atoms with Crippen molar-refractivity contribution in [3.8, 4) is 0 Å². The normalized spacial score (nSPS) is 13.9. The fourth-order valence-corrected chi connectivity index (χ4v) is 3.69. The number of hydrogen-bond donors (Lipinski definition) is 1. The standard InChI is InChI=1S/C20H20Cl2N4O3/c1-2-7-23-18-13-15(4-6-19(18)26(28)29)24-8-10-25(11-9-24)20(27)16-5-3-14(21)12-17(16)22/h2-6,12-13,23H,1,7-11H2. The minimum atomic E-state index is -0.415. The van der Waals surface area contributed by atoms with Gasteiger partial charge in [0.15, 0.2) is 0 Å². The molecule has 9 heteroatoms. The summed E-state index contributed by atoms with van der Waals surface area (Å²) in [4.78, 5) is 27.4. The zero-order chi connectivity index (χ0) is 21.0. The van der Waals surface area contributed by atoms with Gasteiger partial charge in [-0.2, -0.15) is 0 Å². The largest absolute Gasteiger partial charge is 0.376 e. The highest BCUT2D eigenvalue weighted by molar-refractivity contribution is 6.36. The molecule has 0 aliphatic carbocycles. The van der Waals surface area contributed by atoms with Crippen LogP contribution in [-0.2, 0) is 0 Å². The fourth-order valence-electron chi connectivity index (χ4n) is 3.20. The first kappa shape index (κ1) is 21.0. The third-order valence-electron chi connectivity index (χ3n) is 4.71. The molecule has 1 saturated heterocycles. The summed E-state index contributed by atoms with van der Waals surface area (Å²) >= 11 is 12.1. The lowest BCUT2D eigenvalue weighted by Crippen LogP contribution is -2.48. The molecule has 0 unspecified atom stereocenters. The second-order valence-electron chi connectivity index (χ2n) is 6.53. The van der Waals surface area contributed by atoms with E-state index in [4.69, 9.17) is 23.2 Å². The molecule has 2 aromatic rings. The number of rotatable bonds is 6. The number of nitro benzene ring substituents is 1. The van der Waals surface area contributed by atoms with Crippen LogP contribution in [0.2, 0.25) is 10.0 Å². The molecule has 0 radical (unpaired) electrons. The summed E-state index contributed by atoms with van der Waals surface area (Å²) < 4.78 is 0. The van der Waals surface area contributed by atoms with Gasteiger partial charge in [-0.15, -0.1) is 6.58 Å². The van der Waals surface area contributed by atoms with Crippen molar-refractivity contribution in [2.24, 2.45) is 0 Å². The molecule has 1 N–H and O–H groups in total. The lowest BCUT2D eigenvalue weighted by Gasteiger charge is -2.36. The van der Waals surface area contributed by atoms with Crippen molar-refractivity contribution >= 4 is 46.2 Å². The maximum atomic E-state index is 12.8. The topological polar surface area (TPSA) is 78.7 Å². The van der Waals surface area contributed by atoms with Crippen LogP contribution in [0.25, 0.3) is 0 Å². The first-order chi connectivity index (χ1) is 13.9. The van der Waals surface area contributed by atoms with Crippen molar-refractivity contribution in [3.05, 3.63) is 74.8 Å². The maximum absolute atomic E-state index is 12.8. The highest BCUT2D eigenvalue weighted by Crippen LogP contribution is 2.30. The Morgan fingerprint density at radius 2 is 1.90 bits per heavy atom. The molecule has 1 aliphatic heterocycles. The second-order valence-corrected chi connectivity index (χ2v) is 7.38. The third-order valence-corrected chi connectivity index (χ3v) is 5.26. The van der Waals surface area contributed by atoms with E-state index < -0.39 is 4.92 Å². The number of carbonyl (C=O) groups is 1. The lowest BCUT2D eigenvalue weighted by atomic mass is 10.1. The molecule has 1 heterocycles. The van der Waals surface area contributed by atoms with Crippen molar-refractivity contribution in [1.82, 2.24) is 4.90 Å². The van der Waals surface area contributed by atoms with E-state index in [0.29, 0.717) is 54.0 Å². The molecular weight excluding hydrogens is 415 g/mol. The molecule has 1 amide bonds. The van der Waals surface area contributed by atoms with Gasteiger partial charge < -0.3 is 15.1 Å². The monoisotopic (exact) mass is 434 g/mol. The van der Waals surface area contributed by atoms with Crippen LogP contribution >= 0.6 is 23.2 Å². The van der Waals surface area contributed by atoms with Gasteiger partial charge in [-0.05, 0) is 30.3 Å². The van der Waals surface area contributed by atoms with Gasteiger partial charge >= 0.3 is 0 Å². The summed E-state index contributed by atoms with van der Waals surface area (Å²) in [6.07, 6.45) is 1.64. The van der Waals surface area contributed by atoms with Crippen LogP contribution < -0.4 is 10.2 Å². The summed E-state index contributed by atoms with van der Waals surface area (Å²) in [6, 6.07) is 9.81. The summed E-state index contributed by atoms with van der Waals surface area (Å²) in [6.45, 7) is 6.30. The summed E-state index contributed by atoms with van der Waals surface area (Å²) in [5, 5.41) is 15.1. The van der Waals surface area contributed by atoms with Crippen LogP contribution in [0.3, 0.4) is 0 Å². The highest BCUT2D eigenvalue weighted by atomic mass is 35.5. The van der Waals surface area contributed by atoms with Gasteiger partial charge in [0.25, 0.3) is 11.6 Å². The van der Waals surface area contributed by atoms with Gasteiger partial charge in [0.05, 0.1) is 15.5 Å². The van der Waals surface area contributed by atoms with Crippen LogP contribution in [-0.4, -0.2) is 48.5 Å². The van der Waals surface area contributed by atoms with Crippen LogP contribution in [0.15, 0.2) is 49.1 Å². The highest BCUT2D eigenvalue weighted by Gasteiger charge is 2.25. The van der Waals surface area contributed by atoms with Crippen molar-refractivity contribution in [2.45, 2.75) is 0 Å². The van der Waals surface area contributed by atoms with Gasteiger partial charge in [0.1, 0.15) is 5.69 Å². The number of halogens is 2. The zero-order valence-electron chi connectivity index (χ0n) is 15.6. The minimum Gasteiger partial charge on any atom is -0.376 e. The SMILES string of the molecule is C=CCNc1cc(N2CCN(C(=O)c3ccc(Cl)cc3Cl)CC2)ccc1[N+](=O)[O-]. The van der Waals surface area contributed by atoms with Gasteiger partial charge in [-0.1, -0.05) is 29.3 Å². The minimum absolute atomic E-state index is 0.0156. The second kappa shape index (κ2) is 9.15. The molecule has 0 saturated carbocycles. The van der Waals surface area contributed by atoms with Crippen LogP contribution in [0.5, 0.6) is 0 Å². The number of amides is 1. The molecule has 0 spiro atoms. The quantitative estimate of drug-likeness (QED) is 0.412. The number of nitrogens with zero attached hydrogens (tertiary/aromatic N) is 3. The third kappa shape index (κ3) is 4.81. The van der Waals surface area contributed by atoms with E-state index in [-0.39, 0.29) is 11.6 Å². The molecule has 29 heavy (non-hydrogen) atoms. The van der Waals surface area contributed by atoms with Gasteiger partial charge in [0, 0.05) is 49.5 Å². The van der Waals surface area contributed by atoms with Crippen molar-refractivity contribution in [2.75, 3.05) is 42.9 Å². The summed E-state index contributed by atoms with van der Waals surface area (Å²) in [5.74, 6) is -0.136. The average Bonchev–Trinajstić information content (AvgIpc) is 2.71. The average molecular weight is 435 g/mol. The Morgan fingerprint density at radius 1 is 1.17 bits per heavy atom. The van der Waals surface area contributed by atoms with Crippen LogP contribution in [0.4, 0.5) is 17.1 Å². The van der Waals surface area contributed by atoms with E-state index in [1.165, 1.54) is 6.07 Å². The molecule has 0 atom stereocenters. The Labute approximate surface area is 178 Å². The van der Waals surface area contributed by atoms with E-state index in [0.717, 1.165) is 5.69 Å². The van der Waals surface area contributed by atoms with Gasteiger partial charge in [-0.25, -0.2) is 0 Å². The van der Waals surface area contributed by atoms with Crippen LogP contribution in [0, 0.1) is 10.1 Å². The summed E-state index contributed by atoms with van der Waals surface area (Å²) in [5.41, 5.74) is 1.75. The van der Waals surface area contributed by atoms with E-state index >= 15 is 0 Å². The van der Waals surface area contributed by atoms with E-state index in [1.807, 2.05) is 0 Å². The first-order valence-corrected chi connectivity index (χ1v) is 9.79. The van der Waals surface area contributed by atoms with Gasteiger partial charge in [0.2, 0.25) is 0 Å². The van der Waals surface area contributed by atoms with E-state index in [9.17, 15) is 14.9 Å².